The lowest BCUT2D eigenvalue weighted by atomic mass is 9.99. The van der Waals surface area contributed by atoms with Crippen molar-refractivity contribution in [3.8, 4) is 22.8 Å². The number of pyridine rings is 1. The van der Waals surface area contributed by atoms with Crippen LogP contribution in [0, 0.1) is 0 Å². The minimum Gasteiger partial charge on any atom is -0.467 e. The number of anilines is 1. The number of aromatic amines is 1. The number of para-hydroxylation sites is 1. The molecule has 182 valence electrons. The lowest BCUT2D eigenvalue weighted by Crippen LogP contribution is -2.26. The molecule has 10 heteroatoms. The lowest BCUT2D eigenvalue weighted by Gasteiger charge is -2.22. The molecule has 0 fully saturated rings. The van der Waals surface area contributed by atoms with E-state index in [2.05, 4.69) is 35.2 Å². The molecule has 2 aromatic carbocycles. The van der Waals surface area contributed by atoms with E-state index in [4.69, 9.17) is 4.74 Å². The summed E-state index contributed by atoms with van der Waals surface area (Å²) in [6.45, 7) is 1.99. The van der Waals surface area contributed by atoms with Gasteiger partial charge in [0.2, 0.25) is 0 Å². The van der Waals surface area contributed by atoms with Crippen molar-refractivity contribution in [2.45, 2.75) is 13.0 Å². The first-order valence-corrected chi connectivity index (χ1v) is 11.6. The summed E-state index contributed by atoms with van der Waals surface area (Å²) in [6, 6.07) is 17.4. The number of aromatic nitrogens is 7. The number of nitrogens with zero attached hydrogens (tertiary/aromatic N) is 6. The number of rotatable bonds is 6. The highest BCUT2D eigenvalue weighted by atomic mass is 16.5. The molecule has 0 saturated carbocycles. The van der Waals surface area contributed by atoms with E-state index in [1.807, 2.05) is 61.5 Å². The van der Waals surface area contributed by atoms with Crippen molar-refractivity contribution in [2.75, 3.05) is 12.4 Å². The van der Waals surface area contributed by atoms with E-state index in [0.717, 1.165) is 27.9 Å². The molecule has 6 rings (SSSR count). The Labute approximate surface area is 211 Å². The Morgan fingerprint density at radius 1 is 0.973 bits per heavy atom. The zero-order valence-corrected chi connectivity index (χ0v) is 20.1. The average molecular weight is 491 g/mol. The smallest absolute Gasteiger partial charge is 0.316 e. The summed E-state index contributed by atoms with van der Waals surface area (Å²) >= 11 is 0. The Hall–Kier alpha value is -5.12. The first-order valence-electron chi connectivity index (χ1n) is 11.6. The van der Waals surface area contributed by atoms with Gasteiger partial charge in [0.25, 0.3) is 5.56 Å². The van der Waals surface area contributed by atoms with Gasteiger partial charge in [0.1, 0.15) is 11.8 Å². The molecule has 2 N–H and O–H groups in total. The molecule has 0 aliphatic rings. The van der Waals surface area contributed by atoms with Crippen LogP contribution < -0.4 is 15.6 Å². The van der Waals surface area contributed by atoms with Crippen molar-refractivity contribution in [3.05, 3.63) is 95.7 Å². The number of hydrogen-bond donors (Lipinski definition) is 2. The van der Waals surface area contributed by atoms with Crippen molar-refractivity contribution < 1.29 is 4.74 Å². The quantitative estimate of drug-likeness (QED) is 0.354. The minimum absolute atomic E-state index is 0.145. The van der Waals surface area contributed by atoms with E-state index in [9.17, 15) is 4.79 Å². The maximum Gasteiger partial charge on any atom is 0.316 e. The molecule has 0 amide bonds. The third-order valence-electron chi connectivity index (χ3n) is 6.23. The van der Waals surface area contributed by atoms with E-state index in [1.165, 1.54) is 13.4 Å². The molecule has 10 nitrogen and oxygen atoms in total. The van der Waals surface area contributed by atoms with Gasteiger partial charge >= 0.3 is 6.01 Å². The molecule has 0 aliphatic heterocycles. The zero-order chi connectivity index (χ0) is 25.4. The number of methoxy groups -OCH3 is 1. The molecule has 0 aliphatic carbocycles. The summed E-state index contributed by atoms with van der Waals surface area (Å²) in [5.74, 6) is 0.603. The van der Waals surface area contributed by atoms with Crippen LogP contribution in [0.25, 0.3) is 38.8 Å². The van der Waals surface area contributed by atoms with Crippen molar-refractivity contribution >= 4 is 27.8 Å². The van der Waals surface area contributed by atoms with Crippen LogP contribution in [0.2, 0.25) is 0 Å². The summed E-state index contributed by atoms with van der Waals surface area (Å²) in [6.07, 6.45) is 6.37. The van der Waals surface area contributed by atoms with Gasteiger partial charge in [-0.1, -0.05) is 36.4 Å². The number of imidazole rings is 1. The molecule has 4 aromatic heterocycles. The first-order chi connectivity index (χ1) is 18.1. The maximum atomic E-state index is 14.2. The number of H-pyrrole nitrogens is 1. The van der Waals surface area contributed by atoms with Crippen molar-refractivity contribution in [2.24, 2.45) is 0 Å². The molecule has 0 spiro atoms. The Kier molecular flexibility index (Phi) is 5.53. The van der Waals surface area contributed by atoms with Crippen LogP contribution in [0.5, 0.6) is 6.01 Å². The van der Waals surface area contributed by atoms with Gasteiger partial charge < -0.3 is 15.0 Å². The molecular weight excluding hydrogens is 468 g/mol. The Morgan fingerprint density at radius 3 is 2.57 bits per heavy atom. The number of nitrogens with one attached hydrogen (secondary N) is 2. The molecule has 37 heavy (non-hydrogen) atoms. The third-order valence-corrected chi connectivity index (χ3v) is 6.23. The number of ether oxygens (including phenoxy) is 1. The molecule has 1 atom stereocenters. The Balaban J connectivity index is 1.55. The van der Waals surface area contributed by atoms with Crippen LogP contribution in [0.4, 0.5) is 5.82 Å². The van der Waals surface area contributed by atoms with Gasteiger partial charge in [-0.05, 0) is 36.1 Å². The number of benzene rings is 2. The highest BCUT2D eigenvalue weighted by molar-refractivity contribution is 5.96. The van der Waals surface area contributed by atoms with Gasteiger partial charge in [-0.25, -0.2) is 24.9 Å². The number of fused-ring (bicyclic) bond motifs is 2. The normalized spacial score (nSPS) is 12.1. The van der Waals surface area contributed by atoms with E-state index >= 15 is 0 Å². The Bertz CT molecular complexity index is 1780. The molecule has 0 bridgehead atoms. The summed E-state index contributed by atoms with van der Waals surface area (Å²) in [5.41, 5.74) is 4.13. The van der Waals surface area contributed by atoms with Crippen LogP contribution >= 0.6 is 0 Å². The first kappa shape index (κ1) is 22.4. The summed E-state index contributed by atoms with van der Waals surface area (Å²) in [7, 11) is 1.51. The van der Waals surface area contributed by atoms with E-state index in [1.54, 1.807) is 23.3 Å². The fourth-order valence-corrected chi connectivity index (χ4v) is 4.50. The van der Waals surface area contributed by atoms with E-state index in [0.29, 0.717) is 22.4 Å². The second kappa shape index (κ2) is 9.15. The van der Waals surface area contributed by atoms with Crippen molar-refractivity contribution in [1.29, 1.82) is 0 Å². The molecule has 1 unspecified atom stereocenters. The van der Waals surface area contributed by atoms with E-state index < -0.39 is 0 Å². The molecule has 0 saturated heterocycles. The highest BCUT2D eigenvalue weighted by Crippen LogP contribution is 2.30. The maximum absolute atomic E-state index is 14.2. The fraction of sp³-hybridized carbons (Fsp3) is 0.111. The van der Waals surface area contributed by atoms with Gasteiger partial charge in [0.15, 0.2) is 11.5 Å². The minimum atomic E-state index is -0.285. The van der Waals surface area contributed by atoms with Gasteiger partial charge in [-0.2, -0.15) is 0 Å². The van der Waals surface area contributed by atoms with Crippen LogP contribution in [0.3, 0.4) is 0 Å². The molecular formula is C27H22N8O2. The van der Waals surface area contributed by atoms with Crippen molar-refractivity contribution in [1.82, 2.24) is 34.5 Å². The van der Waals surface area contributed by atoms with Gasteiger partial charge in [0, 0.05) is 29.3 Å². The van der Waals surface area contributed by atoms with Crippen molar-refractivity contribution in [3.63, 3.8) is 0 Å². The monoisotopic (exact) mass is 490 g/mol. The SMILES string of the molecule is COc1ncc(-c2cccc3cc(C(C)Nc4ncnc5nc[nH]c45)n(-c4ccccc4)c(=O)c23)cn1. The zero-order valence-electron chi connectivity index (χ0n) is 20.1. The molecule has 4 heterocycles. The largest absolute Gasteiger partial charge is 0.467 e. The number of hydrogen-bond acceptors (Lipinski definition) is 8. The van der Waals surface area contributed by atoms with E-state index in [-0.39, 0.29) is 17.6 Å². The van der Waals surface area contributed by atoms with Crippen LogP contribution in [0.1, 0.15) is 18.7 Å². The summed E-state index contributed by atoms with van der Waals surface area (Å²) in [5, 5.41) is 4.82. The van der Waals surface area contributed by atoms with Gasteiger partial charge in [-0.15, -0.1) is 0 Å². The molecule has 0 radical (unpaired) electrons. The predicted molar refractivity (Wildman–Crippen MR) is 141 cm³/mol. The fourth-order valence-electron chi connectivity index (χ4n) is 4.50. The Morgan fingerprint density at radius 2 is 1.78 bits per heavy atom. The predicted octanol–water partition coefficient (Wildman–Crippen LogP) is 4.30. The van der Waals surface area contributed by atoms with Crippen LogP contribution in [0.15, 0.2) is 84.4 Å². The van der Waals surface area contributed by atoms with Gasteiger partial charge in [0.05, 0.1) is 24.9 Å². The molecule has 6 aromatic rings. The van der Waals surface area contributed by atoms with Crippen LogP contribution in [-0.4, -0.2) is 41.6 Å². The lowest BCUT2D eigenvalue weighted by molar-refractivity contribution is 0.380. The van der Waals surface area contributed by atoms with Gasteiger partial charge in [-0.3, -0.25) is 9.36 Å². The second-order valence-electron chi connectivity index (χ2n) is 8.46. The topological polar surface area (TPSA) is 123 Å². The standard InChI is InChI=1S/C27H22N8O2/c1-16(34-25-23-24(31-14-30-23)32-15-33-25)21-11-17-7-6-10-20(18-12-28-27(37-2)29-13-18)22(17)26(36)35(21)19-8-4-3-5-9-19/h3-16H,1-2H3,(H2,30,31,32,33,34). The third kappa shape index (κ3) is 3.94. The summed E-state index contributed by atoms with van der Waals surface area (Å²) in [4.78, 5) is 38.6. The van der Waals surface area contributed by atoms with Crippen LogP contribution in [-0.2, 0) is 0 Å². The highest BCUT2D eigenvalue weighted by Gasteiger charge is 2.20. The summed E-state index contributed by atoms with van der Waals surface area (Å²) < 4.78 is 6.83. The second-order valence-corrected chi connectivity index (χ2v) is 8.46. The average Bonchev–Trinajstić information content (AvgIpc) is 3.43.